The van der Waals surface area contributed by atoms with E-state index in [1.165, 1.54) is 0 Å². The van der Waals surface area contributed by atoms with Crippen molar-refractivity contribution in [3.63, 3.8) is 0 Å². The predicted molar refractivity (Wildman–Crippen MR) is 95.2 cm³/mol. The lowest BCUT2D eigenvalue weighted by molar-refractivity contribution is 0.0636. The number of nitrogens with one attached hydrogen (secondary N) is 2. The SMILES string of the molecule is CC(C)(C)OC(=O)Nc1ccc2c(c1)NC(c1cc(Br)ncc1F)O2. The topological polar surface area (TPSA) is 72.5 Å². The second-order valence-electron chi connectivity index (χ2n) is 6.51. The normalized spacial score (nSPS) is 15.8. The molecule has 25 heavy (non-hydrogen) atoms. The molecular formula is C17H17BrFN3O3. The van der Waals surface area contributed by atoms with Gasteiger partial charge in [0.15, 0.2) is 6.23 Å². The van der Waals surface area contributed by atoms with E-state index in [1.54, 1.807) is 45.0 Å². The number of carbonyl (C=O) groups excluding carboxylic acids is 1. The molecule has 0 fully saturated rings. The van der Waals surface area contributed by atoms with Gasteiger partial charge in [0.25, 0.3) is 0 Å². The summed E-state index contributed by atoms with van der Waals surface area (Å²) in [5, 5.41) is 5.73. The monoisotopic (exact) mass is 409 g/mol. The largest absolute Gasteiger partial charge is 0.464 e. The van der Waals surface area contributed by atoms with Gasteiger partial charge in [0.2, 0.25) is 0 Å². The van der Waals surface area contributed by atoms with Crippen LogP contribution in [0.25, 0.3) is 0 Å². The molecule has 1 aromatic carbocycles. The molecule has 2 N–H and O–H groups in total. The van der Waals surface area contributed by atoms with Crippen molar-refractivity contribution >= 4 is 33.4 Å². The van der Waals surface area contributed by atoms with Crippen LogP contribution in [0.2, 0.25) is 0 Å². The molecule has 1 aromatic heterocycles. The average molecular weight is 410 g/mol. The van der Waals surface area contributed by atoms with E-state index < -0.39 is 23.7 Å². The maximum atomic E-state index is 14.0. The molecule has 1 aliphatic heterocycles. The Morgan fingerprint density at radius 1 is 1.40 bits per heavy atom. The maximum absolute atomic E-state index is 14.0. The molecule has 2 aromatic rings. The molecule has 6 nitrogen and oxygen atoms in total. The number of aromatic nitrogens is 1. The van der Waals surface area contributed by atoms with Crippen LogP contribution in [0.3, 0.4) is 0 Å². The van der Waals surface area contributed by atoms with Crippen LogP contribution in [-0.4, -0.2) is 16.7 Å². The molecule has 0 saturated heterocycles. The van der Waals surface area contributed by atoms with Crippen molar-refractivity contribution in [2.45, 2.75) is 32.6 Å². The van der Waals surface area contributed by atoms with Gasteiger partial charge in [-0.2, -0.15) is 0 Å². The van der Waals surface area contributed by atoms with Gasteiger partial charge in [-0.15, -0.1) is 0 Å². The van der Waals surface area contributed by atoms with Gasteiger partial charge in [-0.1, -0.05) is 0 Å². The number of hydrogen-bond donors (Lipinski definition) is 2. The van der Waals surface area contributed by atoms with Crippen LogP contribution in [0.1, 0.15) is 32.6 Å². The van der Waals surface area contributed by atoms with Crippen LogP contribution in [-0.2, 0) is 4.74 Å². The summed E-state index contributed by atoms with van der Waals surface area (Å²) >= 11 is 3.22. The zero-order valence-electron chi connectivity index (χ0n) is 13.9. The van der Waals surface area contributed by atoms with E-state index in [0.29, 0.717) is 27.3 Å². The van der Waals surface area contributed by atoms with E-state index in [4.69, 9.17) is 9.47 Å². The first kappa shape index (κ1) is 17.5. The third kappa shape index (κ3) is 4.19. The Morgan fingerprint density at radius 2 is 2.16 bits per heavy atom. The third-order valence-electron chi connectivity index (χ3n) is 3.29. The van der Waals surface area contributed by atoms with Gasteiger partial charge in [0, 0.05) is 5.69 Å². The van der Waals surface area contributed by atoms with Crippen LogP contribution >= 0.6 is 15.9 Å². The number of anilines is 2. The van der Waals surface area contributed by atoms with E-state index in [9.17, 15) is 9.18 Å². The first-order chi connectivity index (χ1) is 11.7. The highest BCUT2D eigenvalue weighted by Crippen LogP contribution is 2.40. The molecule has 1 amide bonds. The lowest BCUT2D eigenvalue weighted by atomic mass is 10.2. The van der Waals surface area contributed by atoms with Gasteiger partial charge >= 0.3 is 6.09 Å². The van der Waals surface area contributed by atoms with Gasteiger partial charge in [-0.25, -0.2) is 14.2 Å². The molecule has 0 spiro atoms. The number of hydrogen-bond acceptors (Lipinski definition) is 5. The molecule has 0 aliphatic carbocycles. The van der Waals surface area contributed by atoms with Crippen LogP contribution in [0.15, 0.2) is 35.1 Å². The molecule has 132 valence electrons. The highest BCUT2D eigenvalue weighted by atomic mass is 79.9. The number of pyridine rings is 1. The molecule has 0 bridgehead atoms. The van der Waals surface area contributed by atoms with E-state index in [1.807, 2.05) is 0 Å². The average Bonchev–Trinajstić information content (AvgIpc) is 2.90. The molecule has 3 rings (SSSR count). The van der Waals surface area contributed by atoms with Crippen molar-refractivity contribution in [3.05, 3.63) is 46.4 Å². The smallest absolute Gasteiger partial charge is 0.412 e. The Labute approximate surface area is 152 Å². The molecule has 0 saturated carbocycles. The molecular weight excluding hydrogens is 393 g/mol. The Morgan fingerprint density at radius 3 is 2.88 bits per heavy atom. The molecule has 1 aliphatic rings. The van der Waals surface area contributed by atoms with Crippen molar-refractivity contribution in [1.29, 1.82) is 0 Å². The Balaban J connectivity index is 1.74. The number of fused-ring (bicyclic) bond motifs is 1. The number of rotatable bonds is 2. The summed E-state index contributed by atoms with van der Waals surface area (Å²) in [5.41, 5.74) is 0.936. The van der Waals surface area contributed by atoms with Gasteiger partial charge in [0.05, 0.1) is 17.4 Å². The maximum Gasteiger partial charge on any atom is 0.412 e. The number of amides is 1. The first-order valence-corrected chi connectivity index (χ1v) is 8.39. The minimum atomic E-state index is -0.675. The van der Waals surface area contributed by atoms with Crippen LogP contribution in [0, 0.1) is 5.82 Å². The number of ether oxygens (including phenoxy) is 2. The minimum absolute atomic E-state index is 0.333. The lowest BCUT2D eigenvalue weighted by Crippen LogP contribution is -2.27. The summed E-state index contributed by atoms with van der Waals surface area (Å²) in [7, 11) is 0. The van der Waals surface area contributed by atoms with Gasteiger partial charge in [-0.3, -0.25) is 5.32 Å². The molecule has 2 heterocycles. The lowest BCUT2D eigenvalue weighted by Gasteiger charge is -2.19. The van der Waals surface area contributed by atoms with Crippen LogP contribution < -0.4 is 15.4 Å². The number of benzene rings is 1. The van der Waals surface area contributed by atoms with Gasteiger partial charge < -0.3 is 14.8 Å². The fourth-order valence-corrected chi connectivity index (χ4v) is 2.66. The summed E-state index contributed by atoms with van der Waals surface area (Å²) in [6.45, 7) is 5.37. The van der Waals surface area contributed by atoms with E-state index in [0.717, 1.165) is 6.20 Å². The van der Waals surface area contributed by atoms with Crippen LogP contribution in [0.5, 0.6) is 5.75 Å². The summed E-state index contributed by atoms with van der Waals surface area (Å²) in [4.78, 5) is 15.7. The van der Waals surface area contributed by atoms with Crippen molar-refractivity contribution in [2.75, 3.05) is 10.6 Å². The molecule has 1 atom stereocenters. The summed E-state index contributed by atoms with van der Waals surface area (Å²) < 4.78 is 25.4. The first-order valence-electron chi connectivity index (χ1n) is 7.59. The highest BCUT2D eigenvalue weighted by Gasteiger charge is 2.27. The fraction of sp³-hybridized carbons (Fsp3) is 0.294. The van der Waals surface area contributed by atoms with Crippen molar-refractivity contribution < 1.29 is 18.7 Å². The van der Waals surface area contributed by atoms with Crippen molar-refractivity contribution in [2.24, 2.45) is 0 Å². The van der Waals surface area contributed by atoms with Crippen molar-refractivity contribution in [3.8, 4) is 5.75 Å². The molecule has 0 radical (unpaired) electrons. The zero-order chi connectivity index (χ0) is 18.2. The van der Waals surface area contributed by atoms with E-state index in [2.05, 4.69) is 31.5 Å². The van der Waals surface area contributed by atoms with Gasteiger partial charge in [-0.05, 0) is 61.0 Å². The molecule has 1 unspecified atom stereocenters. The summed E-state index contributed by atoms with van der Waals surface area (Å²) in [6.07, 6.45) is -0.0961. The standard InChI is InChI=1S/C17H17BrFN3O3/c1-17(2,3)25-16(23)21-9-4-5-13-12(6-9)22-15(24-13)10-7-14(18)20-8-11(10)19/h4-8,15,22H,1-3H3,(H,21,23). The summed E-state index contributed by atoms with van der Waals surface area (Å²) in [6, 6.07) is 6.64. The quantitative estimate of drug-likeness (QED) is 0.694. The summed E-state index contributed by atoms with van der Waals surface area (Å²) in [5.74, 6) is 0.0904. The second kappa shape index (κ2) is 6.51. The number of nitrogens with zero attached hydrogens (tertiary/aromatic N) is 1. The Kier molecular flexibility index (Phi) is 4.55. The van der Waals surface area contributed by atoms with Crippen LogP contribution in [0.4, 0.5) is 20.6 Å². The number of halogens is 2. The third-order valence-corrected chi connectivity index (χ3v) is 3.72. The van der Waals surface area contributed by atoms with E-state index >= 15 is 0 Å². The van der Waals surface area contributed by atoms with Crippen molar-refractivity contribution in [1.82, 2.24) is 4.98 Å². The Bertz CT molecular complexity index is 823. The minimum Gasteiger partial charge on any atom is -0.464 e. The second-order valence-corrected chi connectivity index (χ2v) is 7.32. The zero-order valence-corrected chi connectivity index (χ0v) is 15.5. The number of carbonyl (C=O) groups is 1. The fourth-order valence-electron chi connectivity index (χ4n) is 2.31. The predicted octanol–water partition coefficient (Wildman–Crippen LogP) is 4.83. The Hall–Kier alpha value is -2.35. The molecule has 8 heteroatoms. The highest BCUT2D eigenvalue weighted by molar-refractivity contribution is 9.10. The van der Waals surface area contributed by atoms with Gasteiger partial charge in [0.1, 0.15) is 21.8 Å². The van der Waals surface area contributed by atoms with E-state index in [-0.39, 0.29) is 0 Å².